The fourth-order valence-electron chi connectivity index (χ4n) is 1.80. The maximum Gasteiger partial charge on any atom is 0.427 e. The molecular formula is C12H18F7NO4S. The Kier molecular flexibility index (Phi) is 7.70. The monoisotopic (exact) mass is 405 g/mol. The van der Waals surface area contributed by atoms with E-state index in [4.69, 9.17) is 5.11 Å². The molecule has 0 aliphatic heterocycles. The summed E-state index contributed by atoms with van der Waals surface area (Å²) >= 11 is 0. The Morgan fingerprint density at radius 2 is 1.60 bits per heavy atom. The van der Waals surface area contributed by atoms with E-state index < -0.39 is 63.1 Å². The molecule has 25 heavy (non-hydrogen) atoms. The number of unbranched alkanes of at least 4 members (excludes halogenated alkanes) is 1. The number of rotatable bonds is 11. The van der Waals surface area contributed by atoms with E-state index >= 15 is 0 Å². The van der Waals surface area contributed by atoms with E-state index in [-0.39, 0.29) is 12.8 Å². The average Bonchev–Trinajstić information content (AvgIpc) is 2.48. The van der Waals surface area contributed by atoms with Crippen molar-refractivity contribution < 1.29 is 49.1 Å². The second-order valence-corrected chi connectivity index (χ2v) is 7.13. The maximum atomic E-state index is 13.8. The van der Waals surface area contributed by atoms with Crippen LogP contribution < -0.4 is 0 Å². The van der Waals surface area contributed by atoms with Crippen molar-refractivity contribution in [3.63, 3.8) is 0 Å². The summed E-state index contributed by atoms with van der Waals surface area (Å²) in [5.74, 6) is -14.6. The van der Waals surface area contributed by atoms with Crippen LogP contribution in [0.4, 0.5) is 30.7 Å². The predicted molar refractivity (Wildman–Crippen MR) is 73.1 cm³/mol. The largest absolute Gasteiger partial charge is 0.480 e. The molecule has 0 saturated heterocycles. The van der Waals surface area contributed by atoms with Crippen LogP contribution in [0, 0.1) is 0 Å². The van der Waals surface area contributed by atoms with E-state index in [2.05, 4.69) is 0 Å². The minimum atomic E-state index is -6.60. The number of carboxylic acids is 1. The van der Waals surface area contributed by atoms with Gasteiger partial charge in [0, 0.05) is 6.54 Å². The van der Waals surface area contributed by atoms with E-state index in [1.165, 1.54) is 6.92 Å². The minimum Gasteiger partial charge on any atom is -0.480 e. The summed E-state index contributed by atoms with van der Waals surface area (Å²) in [6.45, 7) is -0.398. The van der Waals surface area contributed by atoms with Crippen molar-refractivity contribution in [3.8, 4) is 0 Å². The van der Waals surface area contributed by atoms with E-state index in [0.29, 0.717) is 0 Å². The molecule has 0 fully saturated rings. The first-order valence-electron chi connectivity index (χ1n) is 7.10. The van der Waals surface area contributed by atoms with Gasteiger partial charge in [-0.25, -0.2) is 12.8 Å². The number of carbonyl (C=O) groups is 1. The van der Waals surface area contributed by atoms with Crippen LogP contribution in [0.15, 0.2) is 0 Å². The number of aliphatic carboxylic acids is 1. The number of alkyl halides is 7. The highest BCUT2D eigenvalue weighted by atomic mass is 32.2. The quantitative estimate of drug-likeness (QED) is 0.536. The Balaban J connectivity index is 5.96. The minimum absolute atomic E-state index is 0.110. The first-order valence-corrected chi connectivity index (χ1v) is 8.54. The predicted octanol–water partition coefficient (Wildman–Crippen LogP) is 3.11. The standard InChI is InChI=1S/C12H18F7NO4S/c1-3-5-6-8(13)10(14,15)11(16,17)12(18,19)25(23,24)20(4-2)7-9(21)22/h8H,3-7H2,1-2H3,(H,21,22). The van der Waals surface area contributed by atoms with Gasteiger partial charge in [0.05, 0.1) is 0 Å². The normalized spacial score (nSPS) is 15.4. The molecule has 0 rings (SSSR count). The van der Waals surface area contributed by atoms with Crippen LogP contribution in [0.5, 0.6) is 0 Å². The van der Waals surface area contributed by atoms with Gasteiger partial charge in [0.15, 0.2) is 6.17 Å². The van der Waals surface area contributed by atoms with Crippen molar-refractivity contribution in [3.05, 3.63) is 0 Å². The van der Waals surface area contributed by atoms with E-state index in [9.17, 15) is 43.9 Å². The van der Waals surface area contributed by atoms with Gasteiger partial charge in [-0.3, -0.25) is 4.79 Å². The van der Waals surface area contributed by atoms with E-state index in [1.54, 1.807) is 0 Å². The van der Waals surface area contributed by atoms with Crippen LogP contribution in [0.1, 0.15) is 33.1 Å². The summed E-state index contributed by atoms with van der Waals surface area (Å²) in [5, 5.41) is 2.02. The third kappa shape index (κ3) is 4.36. The molecule has 150 valence electrons. The number of carboxylic acid groups (broad SMARTS) is 1. The molecule has 0 aromatic heterocycles. The SMILES string of the molecule is CCCCC(F)C(F)(F)C(F)(F)C(F)(F)S(=O)(=O)N(CC)CC(=O)O. The Hall–Kier alpha value is -1.11. The van der Waals surface area contributed by atoms with Crippen molar-refractivity contribution in [1.82, 2.24) is 4.31 Å². The zero-order valence-electron chi connectivity index (χ0n) is 13.3. The highest BCUT2D eigenvalue weighted by molar-refractivity contribution is 7.90. The number of nitrogens with zero attached hydrogens (tertiary/aromatic N) is 1. The first kappa shape index (κ1) is 23.9. The fraction of sp³-hybridized carbons (Fsp3) is 0.917. The van der Waals surface area contributed by atoms with Crippen LogP contribution in [0.2, 0.25) is 0 Å². The fourth-order valence-corrected chi connectivity index (χ4v) is 3.20. The van der Waals surface area contributed by atoms with Gasteiger partial charge in [-0.1, -0.05) is 26.7 Å². The van der Waals surface area contributed by atoms with Gasteiger partial charge < -0.3 is 5.11 Å². The molecule has 0 aromatic rings. The molecule has 0 spiro atoms. The second kappa shape index (κ2) is 8.06. The highest BCUT2D eigenvalue weighted by Crippen LogP contribution is 2.51. The Bertz CT molecular complexity index is 568. The molecule has 1 atom stereocenters. The number of likely N-dealkylation sites (N-methyl/N-ethyl adjacent to an activating group) is 1. The molecule has 1 unspecified atom stereocenters. The van der Waals surface area contributed by atoms with Crippen LogP contribution in [-0.2, 0) is 14.8 Å². The molecule has 0 radical (unpaired) electrons. The number of halogens is 7. The Labute approximate surface area is 139 Å². The maximum absolute atomic E-state index is 13.8. The van der Waals surface area contributed by atoms with Gasteiger partial charge in [0.25, 0.3) is 10.0 Å². The molecule has 0 amide bonds. The summed E-state index contributed by atoms with van der Waals surface area (Å²) < 4.78 is 118. The van der Waals surface area contributed by atoms with Crippen LogP contribution >= 0.6 is 0 Å². The topological polar surface area (TPSA) is 74.7 Å². The van der Waals surface area contributed by atoms with Crippen LogP contribution in [0.3, 0.4) is 0 Å². The summed E-state index contributed by atoms with van der Waals surface area (Å²) in [7, 11) is -6.52. The zero-order valence-corrected chi connectivity index (χ0v) is 14.1. The number of hydrogen-bond donors (Lipinski definition) is 1. The molecule has 0 saturated carbocycles. The summed E-state index contributed by atoms with van der Waals surface area (Å²) in [6, 6.07) is 0. The molecule has 0 aliphatic carbocycles. The molecule has 0 aliphatic rings. The van der Waals surface area contributed by atoms with Gasteiger partial charge in [-0.15, -0.1) is 0 Å². The third-order valence-corrected chi connectivity index (χ3v) is 5.29. The smallest absolute Gasteiger partial charge is 0.427 e. The lowest BCUT2D eigenvalue weighted by molar-refractivity contribution is -0.299. The molecular weight excluding hydrogens is 387 g/mol. The van der Waals surface area contributed by atoms with Crippen molar-refractivity contribution >= 4 is 16.0 Å². The number of sulfonamides is 1. The van der Waals surface area contributed by atoms with Crippen molar-refractivity contribution in [2.75, 3.05) is 13.1 Å². The molecule has 5 nitrogen and oxygen atoms in total. The zero-order chi connectivity index (χ0) is 20.3. The average molecular weight is 405 g/mol. The summed E-state index contributed by atoms with van der Waals surface area (Å²) in [5.41, 5.74) is 0. The van der Waals surface area contributed by atoms with Crippen molar-refractivity contribution in [2.24, 2.45) is 0 Å². The molecule has 0 heterocycles. The van der Waals surface area contributed by atoms with Crippen molar-refractivity contribution in [2.45, 2.75) is 56.4 Å². The highest BCUT2D eigenvalue weighted by Gasteiger charge is 2.80. The molecule has 0 aromatic carbocycles. The lowest BCUT2D eigenvalue weighted by Gasteiger charge is -2.35. The van der Waals surface area contributed by atoms with Gasteiger partial charge >= 0.3 is 23.1 Å². The van der Waals surface area contributed by atoms with E-state index in [0.717, 1.165) is 6.92 Å². The third-order valence-electron chi connectivity index (χ3n) is 3.32. The van der Waals surface area contributed by atoms with Crippen molar-refractivity contribution in [1.29, 1.82) is 0 Å². The van der Waals surface area contributed by atoms with Crippen LogP contribution in [-0.4, -0.2) is 60.2 Å². The molecule has 1 N–H and O–H groups in total. The van der Waals surface area contributed by atoms with Gasteiger partial charge in [0.2, 0.25) is 0 Å². The van der Waals surface area contributed by atoms with Gasteiger partial charge in [-0.05, 0) is 6.42 Å². The lowest BCUT2D eigenvalue weighted by atomic mass is 10.0. The Morgan fingerprint density at radius 1 is 1.12 bits per heavy atom. The molecule has 0 bridgehead atoms. The van der Waals surface area contributed by atoms with E-state index in [1.807, 2.05) is 0 Å². The first-order chi connectivity index (χ1) is 11.1. The summed E-state index contributed by atoms with van der Waals surface area (Å²) in [4.78, 5) is 10.5. The lowest BCUT2D eigenvalue weighted by Crippen LogP contribution is -2.63. The number of hydrogen-bond acceptors (Lipinski definition) is 3. The van der Waals surface area contributed by atoms with Gasteiger partial charge in [0.1, 0.15) is 6.54 Å². The Morgan fingerprint density at radius 3 is 1.96 bits per heavy atom. The van der Waals surface area contributed by atoms with Crippen LogP contribution in [0.25, 0.3) is 0 Å². The second-order valence-electron chi connectivity index (χ2n) is 5.15. The van der Waals surface area contributed by atoms with Gasteiger partial charge in [-0.2, -0.15) is 30.6 Å². The summed E-state index contributed by atoms with van der Waals surface area (Å²) in [6.07, 6.45) is -5.09. The molecule has 13 heteroatoms.